The maximum absolute atomic E-state index is 12.8. The molecule has 9 heteroatoms. The first-order chi connectivity index (χ1) is 17.3. The van der Waals surface area contributed by atoms with Crippen LogP contribution in [0.15, 0.2) is 71.6 Å². The van der Waals surface area contributed by atoms with Gasteiger partial charge in [0.05, 0.1) is 22.7 Å². The van der Waals surface area contributed by atoms with Crippen LogP contribution in [0.25, 0.3) is 6.08 Å². The molecule has 0 spiro atoms. The number of thioether (sulfide) groups is 1. The van der Waals surface area contributed by atoms with Crippen molar-refractivity contribution in [2.24, 2.45) is 0 Å². The van der Waals surface area contributed by atoms with E-state index < -0.39 is 23.6 Å². The molecule has 184 valence electrons. The van der Waals surface area contributed by atoms with Crippen LogP contribution >= 0.6 is 23.4 Å². The van der Waals surface area contributed by atoms with Crippen molar-refractivity contribution in [1.29, 1.82) is 0 Å². The Morgan fingerprint density at radius 1 is 1.06 bits per heavy atom. The lowest BCUT2D eigenvalue weighted by Crippen LogP contribution is -2.36. The number of nitrogens with zero attached hydrogens (tertiary/aromatic N) is 1. The number of carbonyl (C=O) groups excluding carboxylic acids is 3. The molecule has 1 fully saturated rings. The maximum atomic E-state index is 12.8. The molecular weight excluding hydrogens is 500 g/mol. The van der Waals surface area contributed by atoms with E-state index in [0.717, 1.165) is 22.2 Å². The molecule has 0 bridgehead atoms. The summed E-state index contributed by atoms with van der Waals surface area (Å²) in [5.74, 6) is -0.0184. The topological polar surface area (TPSA) is 84.9 Å². The highest BCUT2D eigenvalue weighted by Gasteiger charge is 2.36. The van der Waals surface area contributed by atoms with E-state index in [1.54, 1.807) is 48.5 Å². The molecule has 1 aliphatic heterocycles. The summed E-state index contributed by atoms with van der Waals surface area (Å²) in [5, 5.41) is 2.45. The van der Waals surface area contributed by atoms with E-state index in [1.165, 1.54) is 12.7 Å². The molecule has 0 atom stereocenters. The number of ether oxygens (including phenoxy) is 2. The molecule has 4 rings (SSSR count). The average molecular weight is 523 g/mol. The first-order valence-corrected chi connectivity index (χ1v) is 12.2. The number of halogens is 1. The molecule has 0 aromatic heterocycles. The second-order valence-electron chi connectivity index (χ2n) is 7.98. The van der Waals surface area contributed by atoms with Crippen molar-refractivity contribution in [3.63, 3.8) is 0 Å². The van der Waals surface area contributed by atoms with Crippen LogP contribution < -0.4 is 14.8 Å². The zero-order chi connectivity index (χ0) is 25.7. The normalized spacial score (nSPS) is 14.3. The van der Waals surface area contributed by atoms with E-state index in [4.69, 9.17) is 21.1 Å². The molecule has 1 N–H and O–H groups in total. The van der Waals surface area contributed by atoms with Gasteiger partial charge in [0.1, 0.15) is 13.2 Å². The maximum Gasteiger partial charge on any atom is 0.294 e. The van der Waals surface area contributed by atoms with Crippen molar-refractivity contribution in [3.05, 3.63) is 93.3 Å². The lowest BCUT2D eigenvalue weighted by molar-refractivity contribution is -0.127. The third-order valence-corrected chi connectivity index (χ3v) is 6.56. The summed E-state index contributed by atoms with van der Waals surface area (Å²) in [6.45, 7) is 1.99. The van der Waals surface area contributed by atoms with Crippen LogP contribution in [-0.2, 0) is 16.2 Å². The van der Waals surface area contributed by atoms with Gasteiger partial charge < -0.3 is 14.8 Å². The van der Waals surface area contributed by atoms with Crippen LogP contribution in [0.2, 0.25) is 5.02 Å². The van der Waals surface area contributed by atoms with Crippen LogP contribution in [0.3, 0.4) is 0 Å². The van der Waals surface area contributed by atoms with Crippen LogP contribution in [0.5, 0.6) is 11.5 Å². The molecule has 0 saturated carbocycles. The third-order valence-electron chi connectivity index (χ3n) is 5.32. The fourth-order valence-corrected chi connectivity index (χ4v) is 4.44. The summed E-state index contributed by atoms with van der Waals surface area (Å²) in [5.41, 5.74) is 3.26. The van der Waals surface area contributed by atoms with E-state index in [2.05, 4.69) is 5.32 Å². The molecule has 3 aromatic carbocycles. The number of hydrogen-bond acceptors (Lipinski definition) is 6. The first kappa shape index (κ1) is 25.3. The van der Waals surface area contributed by atoms with Gasteiger partial charge in [0, 0.05) is 0 Å². The Balaban J connectivity index is 1.43. The van der Waals surface area contributed by atoms with E-state index in [9.17, 15) is 14.4 Å². The second-order valence-corrected chi connectivity index (χ2v) is 9.38. The lowest BCUT2D eigenvalue weighted by atomic mass is 10.1. The molecule has 3 amide bonds. The van der Waals surface area contributed by atoms with Crippen LogP contribution in [0, 0.1) is 6.92 Å². The number of amides is 3. The quantitative estimate of drug-likeness (QED) is 0.370. The summed E-state index contributed by atoms with van der Waals surface area (Å²) < 4.78 is 11.4. The number of aryl methyl sites for hydroxylation is 1. The van der Waals surface area contributed by atoms with E-state index in [-0.39, 0.29) is 4.91 Å². The van der Waals surface area contributed by atoms with Gasteiger partial charge in [-0.3, -0.25) is 19.3 Å². The largest absolute Gasteiger partial charge is 0.493 e. The van der Waals surface area contributed by atoms with Crippen LogP contribution in [-0.4, -0.2) is 35.6 Å². The third kappa shape index (κ3) is 6.08. The molecule has 0 radical (unpaired) electrons. The van der Waals surface area contributed by atoms with Crippen LogP contribution in [0.4, 0.5) is 10.5 Å². The molecule has 1 heterocycles. The molecule has 7 nitrogen and oxygen atoms in total. The van der Waals surface area contributed by atoms with Gasteiger partial charge in [0.2, 0.25) is 5.91 Å². The highest BCUT2D eigenvalue weighted by molar-refractivity contribution is 8.18. The second kappa shape index (κ2) is 11.3. The van der Waals surface area contributed by atoms with E-state index >= 15 is 0 Å². The Hall–Kier alpha value is -3.75. The lowest BCUT2D eigenvalue weighted by Gasteiger charge is -2.13. The fourth-order valence-electron chi connectivity index (χ4n) is 3.42. The van der Waals surface area contributed by atoms with Gasteiger partial charge in [-0.2, -0.15) is 0 Å². The van der Waals surface area contributed by atoms with Crippen LogP contribution in [0.1, 0.15) is 16.7 Å². The van der Waals surface area contributed by atoms with E-state index in [0.29, 0.717) is 34.4 Å². The zero-order valence-corrected chi connectivity index (χ0v) is 21.2. The predicted octanol–water partition coefficient (Wildman–Crippen LogP) is 5.91. The van der Waals surface area contributed by atoms with Gasteiger partial charge in [-0.1, -0.05) is 59.6 Å². The minimum absolute atomic E-state index is 0.209. The Kier molecular flexibility index (Phi) is 7.97. The van der Waals surface area contributed by atoms with Crippen molar-refractivity contribution in [2.75, 3.05) is 19.0 Å². The molecule has 0 aliphatic carbocycles. The molecule has 1 saturated heterocycles. The van der Waals surface area contributed by atoms with Gasteiger partial charge in [-0.05, 0) is 60.2 Å². The number of imide groups is 1. The minimum atomic E-state index is -0.544. The predicted molar refractivity (Wildman–Crippen MR) is 141 cm³/mol. The van der Waals surface area contributed by atoms with Crippen molar-refractivity contribution in [1.82, 2.24) is 4.90 Å². The first-order valence-electron chi connectivity index (χ1n) is 11.0. The average Bonchev–Trinajstić information content (AvgIpc) is 3.12. The number of para-hydroxylation sites is 1. The summed E-state index contributed by atoms with van der Waals surface area (Å²) >= 11 is 6.83. The van der Waals surface area contributed by atoms with Crippen molar-refractivity contribution in [3.8, 4) is 11.5 Å². The zero-order valence-electron chi connectivity index (χ0n) is 19.6. The Bertz CT molecular complexity index is 1340. The number of benzene rings is 3. The number of nitrogens with one attached hydrogen (secondary N) is 1. The Labute approximate surface area is 218 Å². The van der Waals surface area contributed by atoms with Crippen molar-refractivity contribution >= 4 is 52.2 Å². The minimum Gasteiger partial charge on any atom is -0.493 e. The van der Waals surface area contributed by atoms with Gasteiger partial charge in [-0.25, -0.2) is 0 Å². The van der Waals surface area contributed by atoms with Gasteiger partial charge in [0.15, 0.2) is 11.5 Å². The number of anilines is 1. The molecule has 1 aliphatic rings. The van der Waals surface area contributed by atoms with Gasteiger partial charge in [-0.15, -0.1) is 0 Å². The summed E-state index contributed by atoms with van der Waals surface area (Å²) in [4.78, 5) is 38.8. The highest BCUT2D eigenvalue weighted by atomic mass is 35.5. The Morgan fingerprint density at radius 2 is 1.81 bits per heavy atom. The SMILES string of the molecule is COc1cc(/C=C2/SC(=O)N(CC(=O)Nc3ccccc3Cl)C2=O)ccc1OCc1ccc(C)cc1. The smallest absolute Gasteiger partial charge is 0.294 e. The van der Waals surface area contributed by atoms with Gasteiger partial charge in [0.25, 0.3) is 11.1 Å². The highest BCUT2D eigenvalue weighted by Crippen LogP contribution is 2.35. The Morgan fingerprint density at radius 3 is 2.53 bits per heavy atom. The molecule has 0 unspecified atom stereocenters. The number of carbonyl (C=O) groups is 3. The molecule has 3 aromatic rings. The number of hydrogen-bond donors (Lipinski definition) is 1. The monoisotopic (exact) mass is 522 g/mol. The fraction of sp³-hybridized carbons (Fsp3) is 0.148. The number of rotatable bonds is 8. The van der Waals surface area contributed by atoms with E-state index in [1.807, 2.05) is 31.2 Å². The molecular formula is C27H23ClN2O5S. The summed E-state index contributed by atoms with van der Waals surface area (Å²) in [7, 11) is 1.53. The summed E-state index contributed by atoms with van der Waals surface area (Å²) in [6, 6.07) is 20.0. The molecule has 36 heavy (non-hydrogen) atoms. The standard InChI is InChI=1S/C27H23ClN2O5S/c1-17-7-9-18(10-8-17)16-35-22-12-11-19(13-23(22)34-2)14-24-26(32)30(27(33)36-24)15-25(31)29-21-6-4-3-5-20(21)28/h3-14H,15-16H2,1-2H3,(H,29,31)/b24-14+. The van der Waals surface area contributed by atoms with Crippen molar-refractivity contribution in [2.45, 2.75) is 13.5 Å². The number of methoxy groups -OCH3 is 1. The summed E-state index contributed by atoms with van der Waals surface area (Å²) in [6.07, 6.45) is 1.59. The van der Waals surface area contributed by atoms with Gasteiger partial charge >= 0.3 is 0 Å². The van der Waals surface area contributed by atoms with Crippen molar-refractivity contribution < 1.29 is 23.9 Å².